The number of nitrogens with one attached hydrogen (secondary N) is 1. The van der Waals surface area contributed by atoms with Crippen LogP contribution in [0, 0.1) is 0 Å². The summed E-state index contributed by atoms with van der Waals surface area (Å²) in [6.07, 6.45) is 6.27. The van der Waals surface area contributed by atoms with Crippen LogP contribution in [0.5, 0.6) is 5.75 Å². The molecule has 1 fully saturated rings. The highest BCUT2D eigenvalue weighted by atomic mass is 127. The normalized spacial score (nSPS) is 16.8. The number of halogens is 1. The van der Waals surface area contributed by atoms with Gasteiger partial charge < -0.3 is 15.8 Å². The van der Waals surface area contributed by atoms with Crippen LogP contribution in [-0.4, -0.2) is 19.6 Å². The van der Waals surface area contributed by atoms with E-state index in [1.165, 1.54) is 37.0 Å². The molecule has 0 radical (unpaired) electrons. The van der Waals surface area contributed by atoms with E-state index in [1.807, 2.05) is 35.6 Å². The third kappa shape index (κ3) is 5.10. The number of guanidine groups is 1. The molecule has 1 saturated carbocycles. The molecule has 136 valence electrons. The number of ether oxygens (including phenoxy) is 1. The summed E-state index contributed by atoms with van der Waals surface area (Å²) in [5.74, 6) is 1.26. The highest BCUT2D eigenvalue weighted by Gasteiger charge is 2.34. The van der Waals surface area contributed by atoms with E-state index >= 15 is 0 Å². The third-order valence-corrected chi connectivity index (χ3v) is 5.86. The number of anilines is 1. The minimum absolute atomic E-state index is 0. The molecule has 4 nitrogen and oxygen atoms in total. The maximum atomic E-state index is 6.13. The maximum absolute atomic E-state index is 6.13. The summed E-state index contributed by atoms with van der Waals surface area (Å²) in [4.78, 5) is 6.12. The van der Waals surface area contributed by atoms with Crippen LogP contribution >= 0.6 is 35.3 Å². The second-order valence-corrected chi connectivity index (χ2v) is 7.32. The van der Waals surface area contributed by atoms with Crippen molar-refractivity contribution >= 4 is 47.0 Å². The summed E-state index contributed by atoms with van der Waals surface area (Å²) in [5, 5.41) is 5.33. The number of nitrogens with zero attached hydrogens (tertiary/aromatic N) is 1. The number of benzene rings is 1. The lowest BCUT2D eigenvalue weighted by atomic mass is 9.73. The summed E-state index contributed by atoms with van der Waals surface area (Å²) >= 11 is 1.84. The van der Waals surface area contributed by atoms with E-state index in [9.17, 15) is 0 Å². The summed E-state index contributed by atoms with van der Waals surface area (Å²) in [6.45, 7) is 0.746. The van der Waals surface area contributed by atoms with Gasteiger partial charge in [-0.3, -0.25) is 4.99 Å². The molecule has 0 saturated heterocycles. The molecule has 1 aliphatic rings. The van der Waals surface area contributed by atoms with Crippen LogP contribution in [0.1, 0.15) is 37.0 Å². The highest BCUT2D eigenvalue weighted by molar-refractivity contribution is 14.0. The Labute approximate surface area is 170 Å². The molecule has 0 aliphatic heterocycles. The van der Waals surface area contributed by atoms with Crippen LogP contribution in [0.3, 0.4) is 0 Å². The summed E-state index contributed by atoms with van der Waals surface area (Å²) in [6, 6.07) is 12.1. The largest absolute Gasteiger partial charge is 0.497 e. The van der Waals surface area contributed by atoms with Gasteiger partial charge in [-0.15, -0.1) is 35.3 Å². The van der Waals surface area contributed by atoms with Gasteiger partial charge in [-0.05, 0) is 36.4 Å². The van der Waals surface area contributed by atoms with E-state index in [0.29, 0.717) is 5.96 Å². The summed E-state index contributed by atoms with van der Waals surface area (Å²) in [7, 11) is 1.66. The topological polar surface area (TPSA) is 59.6 Å². The van der Waals surface area contributed by atoms with Crippen LogP contribution in [0.4, 0.5) is 5.69 Å². The molecule has 1 aliphatic carbocycles. The van der Waals surface area contributed by atoms with Crippen molar-refractivity contribution in [3.63, 3.8) is 0 Å². The van der Waals surface area contributed by atoms with Crippen LogP contribution in [0.25, 0.3) is 0 Å². The fraction of sp³-hybridized carbons (Fsp3) is 0.421. The van der Waals surface area contributed by atoms with Gasteiger partial charge in [0.1, 0.15) is 5.75 Å². The molecular weight excluding hydrogens is 445 g/mol. The van der Waals surface area contributed by atoms with Gasteiger partial charge in [-0.1, -0.05) is 31.4 Å². The predicted octanol–water partition coefficient (Wildman–Crippen LogP) is 5.00. The molecule has 3 rings (SSSR count). The number of hydrogen-bond acceptors (Lipinski definition) is 3. The van der Waals surface area contributed by atoms with Crippen molar-refractivity contribution in [1.29, 1.82) is 0 Å². The van der Waals surface area contributed by atoms with Crippen molar-refractivity contribution in [2.75, 3.05) is 19.0 Å². The number of hydrogen-bond donors (Lipinski definition) is 2. The molecule has 1 heterocycles. The zero-order valence-corrected chi connectivity index (χ0v) is 17.7. The van der Waals surface area contributed by atoms with Crippen LogP contribution in [0.2, 0.25) is 0 Å². The van der Waals surface area contributed by atoms with Crippen LogP contribution in [0.15, 0.2) is 46.8 Å². The van der Waals surface area contributed by atoms with Gasteiger partial charge in [0, 0.05) is 22.0 Å². The summed E-state index contributed by atoms with van der Waals surface area (Å²) < 4.78 is 5.24. The molecule has 2 aromatic rings. The van der Waals surface area contributed by atoms with Gasteiger partial charge in [-0.25, -0.2) is 0 Å². The Kier molecular flexibility index (Phi) is 7.56. The second kappa shape index (κ2) is 9.43. The predicted molar refractivity (Wildman–Crippen MR) is 118 cm³/mol. The Bertz CT molecular complexity index is 682. The molecule has 0 spiro atoms. The maximum Gasteiger partial charge on any atom is 0.193 e. The van der Waals surface area contributed by atoms with Crippen molar-refractivity contribution in [1.82, 2.24) is 0 Å². The zero-order valence-electron chi connectivity index (χ0n) is 14.5. The summed E-state index contributed by atoms with van der Waals surface area (Å²) in [5.41, 5.74) is 7.18. The molecular formula is C19H26IN3OS. The number of thiophene rings is 1. The van der Waals surface area contributed by atoms with E-state index in [4.69, 9.17) is 10.5 Å². The monoisotopic (exact) mass is 471 g/mol. The van der Waals surface area contributed by atoms with E-state index in [1.54, 1.807) is 7.11 Å². The molecule has 0 atom stereocenters. The van der Waals surface area contributed by atoms with Crippen LogP contribution < -0.4 is 15.8 Å². The third-order valence-electron chi connectivity index (χ3n) is 4.75. The number of rotatable bonds is 5. The van der Waals surface area contributed by atoms with Crippen molar-refractivity contribution in [2.24, 2.45) is 10.7 Å². The molecule has 0 amide bonds. The van der Waals surface area contributed by atoms with E-state index in [0.717, 1.165) is 18.0 Å². The molecule has 25 heavy (non-hydrogen) atoms. The SMILES string of the molecule is COc1cccc(NC(N)=NCC2(c3cccs3)CCCCC2)c1.I. The first-order chi connectivity index (χ1) is 11.7. The van der Waals surface area contributed by atoms with E-state index in [-0.39, 0.29) is 29.4 Å². The standard InChI is InChI=1S/C19H25N3OS.HI/c1-23-16-8-5-7-15(13-16)22-18(20)21-14-19(10-3-2-4-11-19)17-9-6-12-24-17;/h5-9,12-13H,2-4,10-11,14H2,1H3,(H3,20,21,22);1H. The molecule has 3 N–H and O–H groups in total. The quantitative estimate of drug-likeness (QED) is 0.367. The molecule has 6 heteroatoms. The van der Waals surface area contributed by atoms with Gasteiger partial charge in [-0.2, -0.15) is 0 Å². The molecule has 1 aromatic carbocycles. The Morgan fingerprint density at radius 2 is 2.04 bits per heavy atom. The van der Waals surface area contributed by atoms with Gasteiger partial charge in [0.25, 0.3) is 0 Å². The van der Waals surface area contributed by atoms with Gasteiger partial charge in [0.15, 0.2) is 5.96 Å². The smallest absolute Gasteiger partial charge is 0.193 e. The lowest BCUT2D eigenvalue weighted by Gasteiger charge is -2.35. The number of aliphatic imine (C=N–C) groups is 1. The Hall–Kier alpha value is -1.28. The lowest BCUT2D eigenvalue weighted by molar-refractivity contribution is 0.307. The lowest BCUT2D eigenvalue weighted by Crippen LogP contribution is -2.33. The van der Waals surface area contributed by atoms with Crippen molar-refractivity contribution < 1.29 is 4.74 Å². The number of nitrogens with two attached hydrogens (primary N) is 1. The van der Waals surface area contributed by atoms with Gasteiger partial charge in [0.05, 0.1) is 13.7 Å². The number of methoxy groups -OCH3 is 1. The molecule has 0 bridgehead atoms. The molecule has 0 unspecified atom stereocenters. The Morgan fingerprint density at radius 1 is 1.24 bits per heavy atom. The fourth-order valence-corrected chi connectivity index (χ4v) is 4.40. The first-order valence-corrected chi connectivity index (χ1v) is 9.35. The average Bonchev–Trinajstić information content (AvgIpc) is 3.16. The average molecular weight is 471 g/mol. The fourth-order valence-electron chi connectivity index (χ4n) is 3.42. The van der Waals surface area contributed by atoms with E-state index in [2.05, 4.69) is 27.8 Å². The minimum Gasteiger partial charge on any atom is -0.497 e. The van der Waals surface area contributed by atoms with Gasteiger partial charge in [0.2, 0.25) is 0 Å². The van der Waals surface area contributed by atoms with Crippen molar-refractivity contribution in [3.05, 3.63) is 46.7 Å². The van der Waals surface area contributed by atoms with Gasteiger partial charge >= 0.3 is 0 Å². The Morgan fingerprint density at radius 3 is 2.72 bits per heavy atom. The van der Waals surface area contributed by atoms with Crippen LogP contribution in [-0.2, 0) is 5.41 Å². The second-order valence-electron chi connectivity index (χ2n) is 6.38. The zero-order chi connectivity index (χ0) is 16.8. The first kappa shape index (κ1) is 20.0. The molecule has 1 aromatic heterocycles. The van der Waals surface area contributed by atoms with Crippen molar-refractivity contribution in [2.45, 2.75) is 37.5 Å². The van der Waals surface area contributed by atoms with E-state index < -0.39 is 0 Å². The van der Waals surface area contributed by atoms with Crippen molar-refractivity contribution in [3.8, 4) is 5.75 Å². The Balaban J connectivity index is 0.00000225. The first-order valence-electron chi connectivity index (χ1n) is 8.47. The minimum atomic E-state index is 0. The highest BCUT2D eigenvalue weighted by Crippen LogP contribution is 2.41.